The minimum absolute atomic E-state index is 0.328. The molecule has 2 rings (SSSR count). The van der Waals surface area contributed by atoms with Crippen molar-refractivity contribution in [2.45, 2.75) is 52.0 Å². The summed E-state index contributed by atoms with van der Waals surface area (Å²) in [6.07, 6.45) is 3.82. The Morgan fingerprint density at radius 2 is 1.71 bits per heavy atom. The lowest BCUT2D eigenvalue weighted by Crippen LogP contribution is -2.48. The third-order valence-corrected chi connectivity index (χ3v) is 4.61. The van der Waals surface area contributed by atoms with E-state index in [1.807, 2.05) is 62.4 Å². The highest BCUT2D eigenvalue weighted by molar-refractivity contribution is 5.89. The van der Waals surface area contributed by atoms with Crippen LogP contribution < -0.4 is 11.1 Å². The first-order valence-corrected chi connectivity index (χ1v) is 8.70. The number of nitrogens with two attached hydrogens (primary N) is 1. The Hall–Kier alpha value is -2.29. The smallest absolute Gasteiger partial charge is 0.247 e. The summed E-state index contributed by atoms with van der Waals surface area (Å²) in [6.45, 7) is 6.24. The molecule has 1 amide bonds. The lowest BCUT2D eigenvalue weighted by Gasteiger charge is -2.34. The number of hydrogen-bond donors (Lipinski definition) is 2. The van der Waals surface area contributed by atoms with Gasteiger partial charge in [-0.05, 0) is 37.5 Å². The minimum Gasteiger partial charge on any atom is -0.367 e. The topological polar surface area (TPSA) is 55.1 Å². The van der Waals surface area contributed by atoms with Gasteiger partial charge in [0.15, 0.2) is 0 Å². The summed E-state index contributed by atoms with van der Waals surface area (Å²) in [5, 5.41) is 3.48. The fraction of sp³-hybridized carbons (Fsp3) is 0.381. The molecule has 3 N–H and O–H groups in total. The number of carbonyl (C=O) groups excluding carboxylic acids is 1. The molecule has 2 aromatic rings. The van der Waals surface area contributed by atoms with Crippen molar-refractivity contribution < 1.29 is 4.79 Å². The first-order chi connectivity index (χ1) is 11.5. The van der Waals surface area contributed by atoms with E-state index in [-0.39, 0.29) is 5.91 Å². The molecule has 0 fully saturated rings. The van der Waals surface area contributed by atoms with Crippen LogP contribution in [0.5, 0.6) is 0 Å². The van der Waals surface area contributed by atoms with Gasteiger partial charge >= 0.3 is 0 Å². The van der Waals surface area contributed by atoms with Crippen molar-refractivity contribution in [2.75, 3.05) is 5.32 Å². The molecule has 0 aliphatic rings. The second-order valence-corrected chi connectivity index (χ2v) is 6.53. The maximum Gasteiger partial charge on any atom is 0.247 e. The number of para-hydroxylation sites is 1. The van der Waals surface area contributed by atoms with Crippen LogP contribution in [0.2, 0.25) is 0 Å². The average Bonchev–Trinajstić information content (AvgIpc) is 2.56. The van der Waals surface area contributed by atoms with Crippen LogP contribution in [0.3, 0.4) is 0 Å². The highest BCUT2D eigenvalue weighted by atomic mass is 16.1. The third-order valence-electron chi connectivity index (χ3n) is 4.61. The summed E-state index contributed by atoms with van der Waals surface area (Å²) >= 11 is 0. The molecule has 0 aromatic heterocycles. The average molecular weight is 324 g/mol. The number of anilines is 1. The zero-order chi connectivity index (χ0) is 17.6. The van der Waals surface area contributed by atoms with E-state index < -0.39 is 5.54 Å². The molecule has 1 atom stereocenters. The highest BCUT2D eigenvalue weighted by Gasteiger charge is 2.38. The molecule has 0 radical (unpaired) electrons. The first-order valence-electron chi connectivity index (χ1n) is 8.70. The van der Waals surface area contributed by atoms with Crippen LogP contribution in [-0.2, 0) is 10.3 Å². The Morgan fingerprint density at radius 1 is 1.04 bits per heavy atom. The molecular weight excluding hydrogens is 296 g/mol. The fourth-order valence-electron chi connectivity index (χ4n) is 3.03. The molecule has 0 spiro atoms. The Bertz CT molecular complexity index is 678. The molecule has 0 bridgehead atoms. The molecule has 0 aliphatic carbocycles. The molecule has 0 aliphatic heterocycles. The second kappa shape index (κ2) is 8.00. The van der Waals surface area contributed by atoms with Crippen molar-refractivity contribution in [1.82, 2.24) is 0 Å². The number of nitrogens with one attached hydrogen (secondary N) is 1. The van der Waals surface area contributed by atoms with Crippen LogP contribution in [-0.4, -0.2) is 5.91 Å². The number of rotatable bonds is 8. The van der Waals surface area contributed by atoms with Gasteiger partial charge in [0.25, 0.3) is 0 Å². The predicted molar refractivity (Wildman–Crippen MR) is 101 cm³/mol. The van der Waals surface area contributed by atoms with Crippen LogP contribution in [0.1, 0.15) is 49.3 Å². The molecule has 1 unspecified atom stereocenters. The summed E-state index contributed by atoms with van der Waals surface area (Å²) in [5.74, 6) is -0.328. The lowest BCUT2D eigenvalue weighted by atomic mass is 9.83. The Labute approximate surface area is 145 Å². The van der Waals surface area contributed by atoms with Crippen molar-refractivity contribution in [3.05, 3.63) is 65.2 Å². The van der Waals surface area contributed by atoms with Crippen molar-refractivity contribution >= 4 is 11.6 Å². The van der Waals surface area contributed by atoms with Gasteiger partial charge in [-0.15, -0.1) is 0 Å². The van der Waals surface area contributed by atoms with E-state index in [1.54, 1.807) is 0 Å². The van der Waals surface area contributed by atoms with E-state index in [1.165, 1.54) is 5.56 Å². The maximum atomic E-state index is 12.6. The SMILES string of the molecule is CCCCCC(Nc1ccccc1C)(C(N)=O)c1ccc(C)cc1. The summed E-state index contributed by atoms with van der Waals surface area (Å²) in [5.41, 5.74) is 9.19. The molecule has 0 saturated heterocycles. The molecule has 24 heavy (non-hydrogen) atoms. The molecule has 128 valence electrons. The maximum absolute atomic E-state index is 12.6. The van der Waals surface area contributed by atoms with Gasteiger partial charge in [-0.1, -0.05) is 74.2 Å². The minimum atomic E-state index is -0.880. The van der Waals surface area contributed by atoms with Crippen molar-refractivity contribution in [1.29, 1.82) is 0 Å². The van der Waals surface area contributed by atoms with Crippen LogP contribution >= 0.6 is 0 Å². The zero-order valence-corrected chi connectivity index (χ0v) is 14.9. The Morgan fingerprint density at radius 3 is 2.29 bits per heavy atom. The summed E-state index contributed by atoms with van der Waals surface area (Å²) < 4.78 is 0. The Balaban J connectivity index is 2.46. The molecular formula is C21H28N2O. The van der Waals surface area contributed by atoms with Crippen LogP contribution in [0, 0.1) is 13.8 Å². The lowest BCUT2D eigenvalue weighted by molar-refractivity contribution is -0.122. The first kappa shape index (κ1) is 18.1. The molecule has 0 saturated carbocycles. The highest BCUT2D eigenvalue weighted by Crippen LogP contribution is 2.33. The molecule has 0 heterocycles. The van der Waals surface area contributed by atoms with Gasteiger partial charge in [-0.2, -0.15) is 0 Å². The van der Waals surface area contributed by atoms with Gasteiger partial charge in [0, 0.05) is 5.69 Å². The van der Waals surface area contributed by atoms with E-state index in [0.29, 0.717) is 6.42 Å². The van der Waals surface area contributed by atoms with E-state index in [4.69, 9.17) is 5.73 Å². The number of amides is 1. The van der Waals surface area contributed by atoms with Gasteiger partial charge in [0.05, 0.1) is 0 Å². The molecule has 3 nitrogen and oxygen atoms in total. The fourth-order valence-corrected chi connectivity index (χ4v) is 3.03. The second-order valence-electron chi connectivity index (χ2n) is 6.53. The van der Waals surface area contributed by atoms with E-state index in [0.717, 1.165) is 36.1 Å². The van der Waals surface area contributed by atoms with E-state index >= 15 is 0 Å². The van der Waals surface area contributed by atoms with Crippen LogP contribution in [0.15, 0.2) is 48.5 Å². The van der Waals surface area contributed by atoms with Gasteiger partial charge in [-0.3, -0.25) is 4.79 Å². The zero-order valence-electron chi connectivity index (χ0n) is 14.9. The van der Waals surface area contributed by atoms with Gasteiger partial charge in [0.2, 0.25) is 5.91 Å². The van der Waals surface area contributed by atoms with E-state index in [2.05, 4.69) is 12.2 Å². The number of primary amides is 1. The van der Waals surface area contributed by atoms with Crippen molar-refractivity contribution in [2.24, 2.45) is 5.73 Å². The monoisotopic (exact) mass is 324 g/mol. The quantitative estimate of drug-likeness (QED) is 0.693. The number of benzene rings is 2. The molecule has 3 heteroatoms. The third kappa shape index (κ3) is 3.97. The molecule has 2 aromatic carbocycles. The van der Waals surface area contributed by atoms with Crippen molar-refractivity contribution in [3.8, 4) is 0 Å². The summed E-state index contributed by atoms with van der Waals surface area (Å²) in [4.78, 5) is 12.6. The van der Waals surface area contributed by atoms with Crippen LogP contribution in [0.25, 0.3) is 0 Å². The predicted octanol–water partition coefficient (Wildman–Crippen LogP) is 4.68. The number of carbonyl (C=O) groups is 1. The largest absolute Gasteiger partial charge is 0.367 e. The van der Waals surface area contributed by atoms with Gasteiger partial charge in [-0.25, -0.2) is 0 Å². The number of aryl methyl sites for hydroxylation is 2. The Kier molecular flexibility index (Phi) is 6.02. The standard InChI is InChI=1S/C21H28N2O/c1-4-5-8-15-21(20(22)24,18-13-11-16(2)12-14-18)23-19-10-7-6-9-17(19)3/h6-7,9-14,23H,4-5,8,15H2,1-3H3,(H2,22,24). The summed E-state index contributed by atoms with van der Waals surface area (Å²) in [7, 11) is 0. The van der Waals surface area contributed by atoms with Crippen molar-refractivity contribution in [3.63, 3.8) is 0 Å². The summed E-state index contributed by atoms with van der Waals surface area (Å²) in [6, 6.07) is 16.1. The number of hydrogen-bond acceptors (Lipinski definition) is 2. The van der Waals surface area contributed by atoms with Gasteiger partial charge < -0.3 is 11.1 Å². The van der Waals surface area contributed by atoms with Gasteiger partial charge in [0.1, 0.15) is 5.54 Å². The van der Waals surface area contributed by atoms with Crippen LogP contribution in [0.4, 0.5) is 5.69 Å². The normalized spacial score (nSPS) is 13.3. The van der Waals surface area contributed by atoms with E-state index in [9.17, 15) is 4.79 Å². The number of unbranched alkanes of at least 4 members (excludes halogenated alkanes) is 2.